The second-order valence-electron chi connectivity index (χ2n) is 7.70. The number of rotatable bonds is 5. The number of nitrogens with zero attached hydrogens (tertiary/aromatic N) is 4. The van der Waals surface area contributed by atoms with Crippen molar-refractivity contribution in [1.82, 2.24) is 14.3 Å². The lowest BCUT2D eigenvalue weighted by Gasteiger charge is -2.39. The van der Waals surface area contributed by atoms with E-state index in [2.05, 4.69) is 47.4 Å². The van der Waals surface area contributed by atoms with Gasteiger partial charge in [-0.15, -0.1) is 0 Å². The summed E-state index contributed by atoms with van der Waals surface area (Å²) in [7, 11) is 0. The van der Waals surface area contributed by atoms with Crippen molar-refractivity contribution < 1.29 is 4.79 Å². The number of piperazine rings is 1. The molecule has 0 bridgehead atoms. The zero-order chi connectivity index (χ0) is 20.2. The predicted octanol–water partition coefficient (Wildman–Crippen LogP) is 3.72. The smallest absolute Gasteiger partial charge is 0.227 e. The molecule has 1 aliphatic heterocycles. The Labute approximate surface area is 176 Å². The minimum Gasteiger partial charge on any atom is -0.343 e. The molecule has 4 rings (SSSR count). The van der Waals surface area contributed by atoms with E-state index in [0.29, 0.717) is 6.42 Å². The lowest BCUT2D eigenvalue weighted by Crippen LogP contribution is -2.54. The molecule has 1 saturated heterocycles. The first-order valence-electron chi connectivity index (χ1n) is 10.0. The summed E-state index contributed by atoms with van der Waals surface area (Å²) >= 11 is 1.45. The van der Waals surface area contributed by atoms with Crippen LogP contribution in [0, 0.1) is 6.92 Å². The number of carbonyl (C=O) groups excluding carboxylic acids is 1. The van der Waals surface area contributed by atoms with E-state index in [9.17, 15) is 4.79 Å². The Morgan fingerprint density at radius 2 is 1.83 bits per heavy atom. The van der Waals surface area contributed by atoms with Gasteiger partial charge in [0.25, 0.3) is 0 Å². The van der Waals surface area contributed by atoms with Crippen molar-refractivity contribution in [3.63, 3.8) is 0 Å². The molecule has 5 nitrogen and oxygen atoms in total. The molecule has 1 aliphatic rings. The van der Waals surface area contributed by atoms with Gasteiger partial charge in [0.15, 0.2) is 0 Å². The maximum Gasteiger partial charge on any atom is 0.227 e. The molecule has 0 spiro atoms. The molecule has 0 unspecified atom stereocenters. The average molecular weight is 407 g/mol. The highest BCUT2D eigenvalue weighted by molar-refractivity contribution is 7.09. The zero-order valence-electron chi connectivity index (χ0n) is 16.9. The number of carbonyl (C=O) groups is 1. The molecular formula is C23H26N4OS. The lowest BCUT2D eigenvalue weighted by atomic mass is 10.1. The van der Waals surface area contributed by atoms with Gasteiger partial charge in [-0.25, -0.2) is 4.98 Å². The van der Waals surface area contributed by atoms with Gasteiger partial charge in [0.05, 0.1) is 6.42 Å². The van der Waals surface area contributed by atoms with Gasteiger partial charge in [0.2, 0.25) is 11.0 Å². The van der Waals surface area contributed by atoms with Crippen LogP contribution in [-0.2, 0) is 17.6 Å². The van der Waals surface area contributed by atoms with Crippen LogP contribution in [0.3, 0.4) is 0 Å². The largest absolute Gasteiger partial charge is 0.343 e. The number of amides is 1. The van der Waals surface area contributed by atoms with Crippen LogP contribution in [0.1, 0.15) is 29.4 Å². The van der Waals surface area contributed by atoms with Gasteiger partial charge < -0.3 is 9.80 Å². The normalized spacial score (nSPS) is 16.8. The minimum absolute atomic E-state index is 0.157. The monoisotopic (exact) mass is 406 g/mol. The van der Waals surface area contributed by atoms with Crippen LogP contribution < -0.4 is 4.90 Å². The Hall–Kier alpha value is -2.73. The molecule has 1 fully saturated rings. The molecule has 2 aromatic carbocycles. The van der Waals surface area contributed by atoms with Gasteiger partial charge in [-0.3, -0.25) is 4.79 Å². The second kappa shape index (κ2) is 8.74. The summed E-state index contributed by atoms with van der Waals surface area (Å²) in [5.74, 6) is 1.06. The number of aromatic nitrogens is 2. The van der Waals surface area contributed by atoms with Crippen LogP contribution in [0.5, 0.6) is 0 Å². The molecule has 3 aromatic rings. The van der Waals surface area contributed by atoms with Crippen LogP contribution in [0.25, 0.3) is 0 Å². The van der Waals surface area contributed by atoms with Crippen LogP contribution >= 0.6 is 11.5 Å². The lowest BCUT2D eigenvalue weighted by molar-refractivity contribution is -0.132. The van der Waals surface area contributed by atoms with Crippen molar-refractivity contribution >= 4 is 22.6 Å². The molecule has 0 N–H and O–H groups in total. The van der Waals surface area contributed by atoms with E-state index in [1.807, 2.05) is 35.2 Å². The van der Waals surface area contributed by atoms with Crippen LogP contribution in [0.15, 0.2) is 54.6 Å². The summed E-state index contributed by atoms with van der Waals surface area (Å²) < 4.78 is 4.55. The minimum atomic E-state index is 0.157. The van der Waals surface area contributed by atoms with Crippen molar-refractivity contribution in [2.45, 2.75) is 32.7 Å². The third-order valence-electron chi connectivity index (χ3n) is 5.36. The predicted molar refractivity (Wildman–Crippen MR) is 117 cm³/mol. The second-order valence-corrected chi connectivity index (χ2v) is 8.43. The van der Waals surface area contributed by atoms with Gasteiger partial charge in [0.1, 0.15) is 5.82 Å². The van der Waals surface area contributed by atoms with Crippen molar-refractivity contribution in [3.05, 3.63) is 77.1 Å². The van der Waals surface area contributed by atoms with E-state index >= 15 is 0 Å². The van der Waals surface area contributed by atoms with Crippen LogP contribution in [0.2, 0.25) is 0 Å². The fraction of sp³-hybridized carbons (Fsp3) is 0.348. The van der Waals surface area contributed by atoms with Gasteiger partial charge in [-0.1, -0.05) is 60.2 Å². The first kappa shape index (κ1) is 19.6. The third kappa shape index (κ3) is 4.82. The summed E-state index contributed by atoms with van der Waals surface area (Å²) in [6.07, 6.45) is 1.21. The quantitative estimate of drug-likeness (QED) is 0.648. The standard InChI is InChI=1S/C23H26N4OS/c1-17-8-10-20(11-9-17)14-21-24-23(29-25-21)26-12-13-27(18(2)16-26)22(28)15-19-6-4-3-5-7-19/h3-11,18H,12-16H2,1-2H3/t18-/m0/s1. The average Bonchev–Trinajstić information content (AvgIpc) is 3.19. The molecule has 0 radical (unpaired) electrons. The maximum absolute atomic E-state index is 12.7. The zero-order valence-corrected chi connectivity index (χ0v) is 17.7. The van der Waals surface area contributed by atoms with Gasteiger partial charge in [0, 0.05) is 43.6 Å². The van der Waals surface area contributed by atoms with Crippen molar-refractivity contribution in [2.75, 3.05) is 24.5 Å². The summed E-state index contributed by atoms with van der Waals surface area (Å²) in [4.78, 5) is 21.7. The molecule has 150 valence electrons. The van der Waals surface area contributed by atoms with Crippen molar-refractivity contribution in [2.24, 2.45) is 0 Å². The molecule has 2 heterocycles. The summed E-state index contributed by atoms with van der Waals surface area (Å²) in [6, 6.07) is 18.6. The molecule has 1 amide bonds. The van der Waals surface area contributed by atoms with Crippen LogP contribution in [-0.4, -0.2) is 45.8 Å². The summed E-state index contributed by atoms with van der Waals surface area (Å²) in [6.45, 7) is 6.52. The Kier molecular flexibility index (Phi) is 5.90. The first-order chi connectivity index (χ1) is 14.1. The number of hydrogen-bond donors (Lipinski definition) is 0. The highest BCUT2D eigenvalue weighted by Crippen LogP contribution is 2.23. The molecule has 1 aromatic heterocycles. The molecule has 0 aliphatic carbocycles. The van der Waals surface area contributed by atoms with E-state index in [1.54, 1.807) is 0 Å². The SMILES string of the molecule is Cc1ccc(Cc2nsc(N3CCN(C(=O)Cc4ccccc4)[C@@H](C)C3)n2)cc1. The van der Waals surface area contributed by atoms with E-state index < -0.39 is 0 Å². The molecule has 1 atom stereocenters. The van der Waals surface area contributed by atoms with Crippen molar-refractivity contribution in [3.8, 4) is 0 Å². The Balaban J connectivity index is 1.35. The summed E-state index contributed by atoms with van der Waals surface area (Å²) in [5, 5.41) is 0.953. The molecule has 0 saturated carbocycles. The van der Waals surface area contributed by atoms with Gasteiger partial charge in [-0.2, -0.15) is 4.37 Å². The maximum atomic E-state index is 12.7. The molecule has 6 heteroatoms. The summed E-state index contributed by atoms with van der Waals surface area (Å²) in [5.41, 5.74) is 3.55. The van der Waals surface area contributed by atoms with E-state index in [1.165, 1.54) is 22.7 Å². The number of hydrogen-bond acceptors (Lipinski definition) is 5. The molecule has 29 heavy (non-hydrogen) atoms. The van der Waals surface area contributed by atoms with E-state index in [0.717, 1.165) is 42.6 Å². The topological polar surface area (TPSA) is 49.3 Å². The number of anilines is 1. The Morgan fingerprint density at radius 1 is 1.07 bits per heavy atom. The fourth-order valence-electron chi connectivity index (χ4n) is 3.71. The highest BCUT2D eigenvalue weighted by atomic mass is 32.1. The Morgan fingerprint density at radius 3 is 2.55 bits per heavy atom. The fourth-order valence-corrected chi connectivity index (χ4v) is 4.43. The number of benzene rings is 2. The van der Waals surface area contributed by atoms with Crippen LogP contribution in [0.4, 0.5) is 5.13 Å². The van der Waals surface area contributed by atoms with Gasteiger partial charge >= 0.3 is 0 Å². The number of aryl methyl sites for hydroxylation is 1. The third-order valence-corrected chi connectivity index (χ3v) is 6.17. The van der Waals surface area contributed by atoms with E-state index in [4.69, 9.17) is 4.98 Å². The Bertz CT molecular complexity index is 955. The van der Waals surface area contributed by atoms with Crippen molar-refractivity contribution in [1.29, 1.82) is 0 Å². The highest BCUT2D eigenvalue weighted by Gasteiger charge is 2.28. The molecular weight excluding hydrogens is 380 g/mol. The first-order valence-corrected chi connectivity index (χ1v) is 10.8. The van der Waals surface area contributed by atoms with E-state index in [-0.39, 0.29) is 11.9 Å². The van der Waals surface area contributed by atoms with Gasteiger partial charge in [-0.05, 0) is 25.0 Å².